The number of phenols is 1. The van der Waals surface area contributed by atoms with Crippen LogP contribution < -0.4 is 10.6 Å². The molecular weight excluding hydrogens is 284 g/mol. The van der Waals surface area contributed by atoms with Crippen LogP contribution in [0.5, 0.6) is 5.75 Å². The first-order chi connectivity index (χ1) is 10.5. The highest BCUT2D eigenvalue weighted by molar-refractivity contribution is 6.08. The summed E-state index contributed by atoms with van der Waals surface area (Å²) in [7, 11) is 0. The van der Waals surface area contributed by atoms with Gasteiger partial charge in [-0.2, -0.15) is 0 Å². The molecule has 0 spiro atoms. The minimum atomic E-state index is -1.15. The van der Waals surface area contributed by atoms with Gasteiger partial charge in [-0.1, -0.05) is 18.2 Å². The van der Waals surface area contributed by atoms with Gasteiger partial charge in [0.05, 0.1) is 0 Å². The first-order valence-corrected chi connectivity index (χ1v) is 6.63. The molecule has 0 bridgehead atoms. The van der Waals surface area contributed by atoms with E-state index in [2.05, 4.69) is 0 Å². The third kappa shape index (κ3) is 3.62. The lowest BCUT2D eigenvalue weighted by Gasteiger charge is -2.21. The van der Waals surface area contributed by atoms with Gasteiger partial charge in [-0.05, 0) is 29.8 Å². The molecule has 0 radical (unpaired) electrons. The van der Waals surface area contributed by atoms with Crippen molar-refractivity contribution in [2.24, 2.45) is 5.73 Å². The number of benzene rings is 2. The number of nitrogens with zero attached hydrogens (tertiary/aromatic N) is 1. The highest BCUT2D eigenvalue weighted by Gasteiger charge is 2.21. The van der Waals surface area contributed by atoms with Gasteiger partial charge in [-0.15, -0.1) is 0 Å². The van der Waals surface area contributed by atoms with Crippen LogP contribution in [0.2, 0.25) is 0 Å². The first kappa shape index (κ1) is 15.5. The van der Waals surface area contributed by atoms with E-state index in [0.717, 1.165) is 10.5 Å². The number of amides is 1. The molecule has 22 heavy (non-hydrogen) atoms. The predicted molar refractivity (Wildman–Crippen MR) is 81.8 cm³/mol. The molecule has 0 saturated heterocycles. The van der Waals surface area contributed by atoms with Gasteiger partial charge in [0.15, 0.2) is 0 Å². The molecule has 6 heteroatoms. The maximum absolute atomic E-state index is 12.6. The Morgan fingerprint density at radius 3 is 2.45 bits per heavy atom. The number of carboxylic acids is 1. The van der Waals surface area contributed by atoms with Crippen LogP contribution in [0, 0.1) is 0 Å². The molecule has 0 atom stereocenters. The summed E-state index contributed by atoms with van der Waals surface area (Å²) >= 11 is 0. The molecule has 0 aromatic heterocycles. The van der Waals surface area contributed by atoms with Crippen molar-refractivity contribution in [3.05, 3.63) is 59.7 Å². The van der Waals surface area contributed by atoms with Crippen molar-refractivity contribution >= 4 is 17.6 Å². The third-order valence-corrected chi connectivity index (χ3v) is 3.09. The Morgan fingerprint density at radius 2 is 1.82 bits per heavy atom. The number of carbonyl (C=O) groups is 2. The largest absolute Gasteiger partial charge is 0.508 e. The number of nitrogens with two attached hydrogens (primary N) is 1. The summed E-state index contributed by atoms with van der Waals surface area (Å²) in [6.45, 7) is -0.221. The molecule has 1 amide bonds. The lowest BCUT2D eigenvalue weighted by atomic mass is 10.1. The molecular formula is C16H16N2O4. The van der Waals surface area contributed by atoms with E-state index >= 15 is 0 Å². The number of carbonyl (C=O) groups excluding carboxylic acids is 1. The molecule has 6 nitrogen and oxygen atoms in total. The molecule has 0 fully saturated rings. The lowest BCUT2D eigenvalue weighted by molar-refractivity contribution is -0.135. The van der Waals surface area contributed by atoms with E-state index in [1.165, 1.54) is 12.1 Å². The summed E-state index contributed by atoms with van der Waals surface area (Å²) in [6, 6.07) is 12.6. The molecule has 0 aliphatic heterocycles. The number of carboxylic acid groups (broad SMARTS) is 1. The number of hydrogen-bond donors (Lipinski definition) is 3. The summed E-state index contributed by atoms with van der Waals surface area (Å²) in [5, 5.41) is 18.6. The Bertz CT molecular complexity index is 700. The second-order valence-corrected chi connectivity index (χ2v) is 4.71. The average Bonchev–Trinajstić information content (AvgIpc) is 2.52. The van der Waals surface area contributed by atoms with Crippen molar-refractivity contribution in [3.8, 4) is 5.75 Å². The Morgan fingerprint density at radius 1 is 1.09 bits per heavy atom. The zero-order valence-electron chi connectivity index (χ0n) is 11.8. The van der Waals surface area contributed by atoms with Crippen LogP contribution in [0.1, 0.15) is 15.9 Å². The van der Waals surface area contributed by atoms with Gasteiger partial charge in [-0.25, -0.2) is 0 Å². The maximum atomic E-state index is 12.6. The average molecular weight is 300 g/mol. The smallest absolute Gasteiger partial charge is 0.323 e. The molecule has 0 unspecified atom stereocenters. The Hall–Kier alpha value is -2.86. The molecule has 2 rings (SSSR count). The molecule has 4 N–H and O–H groups in total. The number of aromatic hydroxyl groups is 1. The maximum Gasteiger partial charge on any atom is 0.323 e. The summed E-state index contributed by atoms with van der Waals surface area (Å²) < 4.78 is 0. The van der Waals surface area contributed by atoms with Crippen LogP contribution in [-0.4, -0.2) is 28.6 Å². The van der Waals surface area contributed by atoms with E-state index in [1.54, 1.807) is 36.4 Å². The van der Waals surface area contributed by atoms with Gasteiger partial charge in [0.25, 0.3) is 5.91 Å². The van der Waals surface area contributed by atoms with Gasteiger partial charge < -0.3 is 15.9 Å². The van der Waals surface area contributed by atoms with Gasteiger partial charge >= 0.3 is 5.97 Å². The van der Waals surface area contributed by atoms with E-state index in [-0.39, 0.29) is 12.3 Å². The molecule has 0 heterocycles. The van der Waals surface area contributed by atoms with Crippen LogP contribution in [0.4, 0.5) is 5.69 Å². The highest BCUT2D eigenvalue weighted by Crippen LogP contribution is 2.22. The monoisotopic (exact) mass is 300 g/mol. The molecule has 0 saturated carbocycles. The van der Waals surface area contributed by atoms with Crippen LogP contribution in [0.3, 0.4) is 0 Å². The number of aliphatic carboxylic acids is 1. The minimum Gasteiger partial charge on any atom is -0.508 e. The highest BCUT2D eigenvalue weighted by atomic mass is 16.4. The fourth-order valence-corrected chi connectivity index (χ4v) is 2.06. The standard InChI is InChI=1S/C16H16N2O4/c17-9-11-3-1-4-12(7-11)16(22)18(10-15(20)21)13-5-2-6-14(19)8-13/h1-8,19H,9-10,17H2,(H,20,21). The molecule has 2 aromatic rings. The summed E-state index contributed by atoms with van der Waals surface area (Å²) in [5.41, 5.74) is 6.98. The van der Waals surface area contributed by atoms with Crippen molar-refractivity contribution in [1.82, 2.24) is 0 Å². The summed E-state index contributed by atoms with van der Waals surface area (Å²) in [4.78, 5) is 24.7. The number of hydrogen-bond acceptors (Lipinski definition) is 4. The van der Waals surface area contributed by atoms with Crippen molar-refractivity contribution in [2.75, 3.05) is 11.4 Å². The van der Waals surface area contributed by atoms with Gasteiger partial charge in [0.1, 0.15) is 12.3 Å². The second-order valence-electron chi connectivity index (χ2n) is 4.71. The number of anilines is 1. The Balaban J connectivity index is 2.40. The van der Waals surface area contributed by atoms with Crippen molar-refractivity contribution in [2.45, 2.75) is 6.54 Å². The zero-order chi connectivity index (χ0) is 16.1. The van der Waals surface area contributed by atoms with E-state index in [0.29, 0.717) is 11.3 Å². The summed E-state index contributed by atoms with van der Waals surface area (Å²) in [5.74, 6) is -1.66. The zero-order valence-corrected chi connectivity index (χ0v) is 11.8. The minimum absolute atomic E-state index is 0.0450. The molecule has 0 aliphatic rings. The Labute approximate surface area is 127 Å². The van der Waals surface area contributed by atoms with E-state index in [9.17, 15) is 14.7 Å². The van der Waals surface area contributed by atoms with Crippen LogP contribution in [-0.2, 0) is 11.3 Å². The first-order valence-electron chi connectivity index (χ1n) is 6.63. The van der Waals surface area contributed by atoms with Gasteiger partial charge in [-0.3, -0.25) is 14.5 Å². The van der Waals surface area contributed by atoms with Gasteiger partial charge in [0.2, 0.25) is 0 Å². The van der Waals surface area contributed by atoms with E-state index in [1.807, 2.05) is 0 Å². The fourth-order valence-electron chi connectivity index (χ4n) is 2.06. The van der Waals surface area contributed by atoms with Gasteiger partial charge in [0, 0.05) is 23.9 Å². The molecule has 114 valence electrons. The fraction of sp³-hybridized carbons (Fsp3) is 0.125. The quantitative estimate of drug-likeness (QED) is 0.777. The van der Waals surface area contributed by atoms with Crippen LogP contribution >= 0.6 is 0 Å². The van der Waals surface area contributed by atoms with E-state index < -0.39 is 18.4 Å². The third-order valence-electron chi connectivity index (χ3n) is 3.09. The second kappa shape index (κ2) is 6.73. The number of rotatable bonds is 5. The topological polar surface area (TPSA) is 104 Å². The normalized spacial score (nSPS) is 10.2. The predicted octanol–water partition coefficient (Wildman–Crippen LogP) is 1.58. The lowest BCUT2D eigenvalue weighted by Crippen LogP contribution is -2.35. The van der Waals surface area contributed by atoms with Crippen LogP contribution in [0.25, 0.3) is 0 Å². The summed E-state index contributed by atoms with van der Waals surface area (Å²) in [6.07, 6.45) is 0. The van der Waals surface area contributed by atoms with Crippen molar-refractivity contribution in [3.63, 3.8) is 0 Å². The SMILES string of the molecule is NCc1cccc(C(=O)N(CC(=O)O)c2cccc(O)c2)c1. The van der Waals surface area contributed by atoms with E-state index in [4.69, 9.17) is 10.8 Å². The van der Waals surface area contributed by atoms with Crippen molar-refractivity contribution in [1.29, 1.82) is 0 Å². The molecule has 2 aromatic carbocycles. The number of phenolic OH excluding ortho intramolecular Hbond substituents is 1. The molecule has 0 aliphatic carbocycles. The Kier molecular flexibility index (Phi) is 4.75. The van der Waals surface area contributed by atoms with Crippen LogP contribution in [0.15, 0.2) is 48.5 Å². The van der Waals surface area contributed by atoms with Crippen molar-refractivity contribution < 1.29 is 19.8 Å².